The maximum atomic E-state index is 12.3. The molecule has 4 rings (SSSR count). The molecule has 1 saturated heterocycles. The number of ether oxygens (including phenoxy) is 4. The molecule has 2 unspecified atom stereocenters. The summed E-state index contributed by atoms with van der Waals surface area (Å²) in [5, 5.41) is 10.2. The first kappa shape index (κ1) is 25.5. The van der Waals surface area contributed by atoms with Crippen molar-refractivity contribution in [1.29, 1.82) is 0 Å². The molecule has 1 aliphatic carbocycles. The van der Waals surface area contributed by atoms with Gasteiger partial charge in [0.15, 0.2) is 0 Å². The van der Waals surface area contributed by atoms with Crippen molar-refractivity contribution in [1.82, 2.24) is 0 Å². The number of aliphatic hydroxyl groups is 1. The van der Waals surface area contributed by atoms with Gasteiger partial charge in [0.1, 0.15) is 37.4 Å². The maximum absolute atomic E-state index is 12.3. The molecule has 6 heteroatoms. The van der Waals surface area contributed by atoms with Crippen LogP contribution in [0.25, 0.3) is 0 Å². The van der Waals surface area contributed by atoms with Gasteiger partial charge in [0.2, 0.25) is 6.29 Å². The normalized spacial score (nSPS) is 22.0. The zero-order valence-corrected chi connectivity index (χ0v) is 20.6. The lowest BCUT2D eigenvalue weighted by Crippen LogP contribution is -2.25. The predicted molar refractivity (Wildman–Crippen MR) is 138 cm³/mol. The highest BCUT2D eigenvalue weighted by atomic mass is 16.8. The summed E-state index contributed by atoms with van der Waals surface area (Å²) in [5.41, 5.74) is 2.53. The van der Waals surface area contributed by atoms with E-state index in [-0.39, 0.29) is 24.9 Å². The fraction of sp³-hybridized carbons (Fsp3) is 0.300. The lowest BCUT2D eigenvalue weighted by atomic mass is 9.78. The summed E-state index contributed by atoms with van der Waals surface area (Å²) in [6.45, 7) is 4.84. The van der Waals surface area contributed by atoms with Crippen molar-refractivity contribution >= 4 is 5.97 Å². The third kappa shape index (κ3) is 7.20. The molecular weight excluding hydrogens is 456 g/mol. The molecule has 0 radical (unpaired) electrons. The van der Waals surface area contributed by atoms with Crippen molar-refractivity contribution in [2.75, 3.05) is 19.8 Å². The molecule has 2 aromatic rings. The monoisotopic (exact) mass is 488 g/mol. The topological polar surface area (TPSA) is 77.5 Å². The van der Waals surface area contributed by atoms with Crippen LogP contribution in [0.1, 0.15) is 31.4 Å². The summed E-state index contributed by atoms with van der Waals surface area (Å²) in [6.07, 6.45) is 12.5. The number of epoxide rings is 1. The van der Waals surface area contributed by atoms with Crippen LogP contribution in [-0.4, -0.2) is 43.3 Å². The summed E-state index contributed by atoms with van der Waals surface area (Å²) in [7, 11) is 0. The Labute approximate surface area is 212 Å². The molecule has 1 heterocycles. The molecule has 0 saturated carbocycles. The van der Waals surface area contributed by atoms with Gasteiger partial charge in [-0.3, -0.25) is 0 Å². The highest BCUT2D eigenvalue weighted by molar-refractivity contribution is 5.91. The van der Waals surface area contributed by atoms with Crippen LogP contribution in [0.2, 0.25) is 0 Å². The van der Waals surface area contributed by atoms with Crippen LogP contribution >= 0.6 is 0 Å². The summed E-state index contributed by atoms with van der Waals surface area (Å²) >= 11 is 0. The second-order valence-electron chi connectivity index (χ2n) is 9.19. The SMILES string of the molecule is CC(C)(c1ccc(OCC(O)COC(=O)C2=C\C\C=C/C=C\C=C/2)cc1)c1ccc(OC2CO2)cc1. The summed E-state index contributed by atoms with van der Waals surface area (Å²) < 4.78 is 21.7. The Morgan fingerprint density at radius 2 is 1.61 bits per heavy atom. The Hall–Kier alpha value is -3.61. The fourth-order valence-electron chi connectivity index (χ4n) is 3.70. The van der Waals surface area contributed by atoms with E-state index in [4.69, 9.17) is 18.9 Å². The van der Waals surface area contributed by atoms with E-state index in [0.29, 0.717) is 24.4 Å². The quantitative estimate of drug-likeness (QED) is 0.373. The van der Waals surface area contributed by atoms with Gasteiger partial charge < -0.3 is 24.1 Å². The molecule has 2 atom stereocenters. The third-order valence-corrected chi connectivity index (χ3v) is 6.03. The lowest BCUT2D eigenvalue weighted by Gasteiger charge is -2.26. The summed E-state index contributed by atoms with van der Waals surface area (Å²) in [6, 6.07) is 15.9. The van der Waals surface area contributed by atoms with Gasteiger partial charge in [-0.05, 0) is 47.9 Å². The Morgan fingerprint density at radius 3 is 2.28 bits per heavy atom. The Morgan fingerprint density at radius 1 is 0.972 bits per heavy atom. The molecule has 0 aromatic heterocycles. The number of aliphatic hydroxyl groups excluding tert-OH is 1. The molecule has 36 heavy (non-hydrogen) atoms. The highest BCUT2D eigenvalue weighted by Gasteiger charge is 2.26. The first-order chi connectivity index (χ1) is 17.4. The zero-order chi connectivity index (χ0) is 25.4. The Kier molecular flexibility index (Phi) is 8.41. The average molecular weight is 489 g/mol. The number of hydrogen-bond acceptors (Lipinski definition) is 6. The molecule has 1 N–H and O–H groups in total. The summed E-state index contributed by atoms with van der Waals surface area (Å²) in [4.78, 5) is 12.3. The van der Waals surface area contributed by atoms with Gasteiger partial charge in [-0.25, -0.2) is 4.79 Å². The van der Waals surface area contributed by atoms with Crippen molar-refractivity contribution in [3.63, 3.8) is 0 Å². The maximum Gasteiger partial charge on any atom is 0.337 e. The van der Waals surface area contributed by atoms with E-state index < -0.39 is 12.1 Å². The van der Waals surface area contributed by atoms with Gasteiger partial charge in [-0.1, -0.05) is 74.6 Å². The minimum absolute atomic E-state index is 0.0164. The zero-order valence-electron chi connectivity index (χ0n) is 20.6. The van der Waals surface area contributed by atoms with Gasteiger partial charge >= 0.3 is 5.97 Å². The third-order valence-electron chi connectivity index (χ3n) is 6.03. The van der Waals surface area contributed by atoms with Crippen LogP contribution < -0.4 is 9.47 Å². The second kappa shape index (κ2) is 11.9. The first-order valence-corrected chi connectivity index (χ1v) is 12.1. The molecule has 2 aliphatic rings. The summed E-state index contributed by atoms with van der Waals surface area (Å²) in [5.74, 6) is 0.960. The number of benzene rings is 2. The first-order valence-electron chi connectivity index (χ1n) is 12.1. The molecule has 1 aliphatic heterocycles. The number of hydrogen-bond donors (Lipinski definition) is 1. The van der Waals surface area contributed by atoms with Crippen LogP contribution in [0.4, 0.5) is 0 Å². The van der Waals surface area contributed by atoms with Crippen molar-refractivity contribution < 1.29 is 28.8 Å². The van der Waals surface area contributed by atoms with E-state index >= 15 is 0 Å². The van der Waals surface area contributed by atoms with E-state index in [1.165, 1.54) is 0 Å². The van der Waals surface area contributed by atoms with Crippen molar-refractivity contribution in [2.24, 2.45) is 0 Å². The van der Waals surface area contributed by atoms with Crippen LogP contribution in [0.3, 0.4) is 0 Å². The van der Waals surface area contributed by atoms with Gasteiger partial charge in [0.05, 0.1) is 5.57 Å². The Bertz CT molecular complexity index is 1130. The molecule has 2 aromatic carbocycles. The number of esters is 1. The van der Waals surface area contributed by atoms with E-state index in [1.807, 2.05) is 60.7 Å². The van der Waals surface area contributed by atoms with E-state index in [2.05, 4.69) is 26.0 Å². The Balaban J connectivity index is 1.26. The number of carbonyl (C=O) groups excluding carboxylic acids is 1. The lowest BCUT2D eigenvalue weighted by molar-refractivity contribution is -0.142. The van der Waals surface area contributed by atoms with Gasteiger partial charge in [0, 0.05) is 5.41 Å². The van der Waals surface area contributed by atoms with Crippen molar-refractivity contribution in [3.8, 4) is 11.5 Å². The average Bonchev–Trinajstić information content (AvgIpc) is 3.68. The molecule has 6 nitrogen and oxygen atoms in total. The molecule has 1 fully saturated rings. The van der Waals surface area contributed by atoms with Crippen LogP contribution in [0.5, 0.6) is 11.5 Å². The van der Waals surface area contributed by atoms with E-state index in [0.717, 1.165) is 16.9 Å². The van der Waals surface area contributed by atoms with Crippen molar-refractivity contribution in [3.05, 3.63) is 108 Å². The van der Waals surface area contributed by atoms with Gasteiger partial charge in [0.25, 0.3) is 0 Å². The molecular formula is C30H32O6. The number of carbonyl (C=O) groups is 1. The molecule has 0 bridgehead atoms. The minimum atomic E-state index is -0.937. The minimum Gasteiger partial charge on any atom is -0.491 e. The standard InChI is InChI=1S/C30H32O6/c1-30(2,24-13-17-27(18-14-24)36-28-21-34-28)23-11-15-26(16-12-23)33-19-25(31)20-35-29(32)22-9-7-5-3-4-6-8-10-22/h3-7,9-18,25,28,31H,8,19-21H2,1-2H3/b5-3-,6-4-,9-7-,22-10+. The molecule has 188 valence electrons. The molecule has 0 spiro atoms. The predicted octanol–water partition coefficient (Wildman–Crippen LogP) is 5.03. The number of rotatable bonds is 10. The largest absolute Gasteiger partial charge is 0.491 e. The second-order valence-corrected chi connectivity index (χ2v) is 9.19. The molecule has 0 amide bonds. The van der Waals surface area contributed by atoms with Gasteiger partial charge in [-0.2, -0.15) is 0 Å². The number of allylic oxidation sites excluding steroid dienone is 6. The van der Waals surface area contributed by atoms with Crippen LogP contribution in [0.15, 0.2) is 96.6 Å². The smallest absolute Gasteiger partial charge is 0.337 e. The fourth-order valence-corrected chi connectivity index (χ4v) is 3.70. The van der Waals surface area contributed by atoms with Gasteiger partial charge in [-0.15, -0.1) is 0 Å². The van der Waals surface area contributed by atoms with Crippen LogP contribution in [-0.2, 0) is 19.7 Å². The van der Waals surface area contributed by atoms with Crippen LogP contribution in [0, 0.1) is 0 Å². The van der Waals surface area contributed by atoms with E-state index in [1.54, 1.807) is 18.2 Å². The van der Waals surface area contributed by atoms with Crippen molar-refractivity contribution in [2.45, 2.75) is 38.1 Å². The highest BCUT2D eigenvalue weighted by Crippen LogP contribution is 2.33. The van der Waals surface area contributed by atoms with E-state index in [9.17, 15) is 9.90 Å².